The Kier molecular flexibility index (Phi) is 5.46. The maximum atomic E-state index is 12.0. The van der Waals surface area contributed by atoms with E-state index in [2.05, 4.69) is 10.0 Å². The van der Waals surface area contributed by atoms with Crippen LogP contribution in [0.5, 0.6) is 0 Å². The van der Waals surface area contributed by atoms with E-state index in [1.807, 2.05) is 0 Å². The summed E-state index contributed by atoms with van der Waals surface area (Å²) in [6.07, 6.45) is 0.343. The first kappa shape index (κ1) is 15.6. The average molecular weight is 286 g/mol. The predicted molar refractivity (Wildman–Crippen MR) is 71.3 cm³/mol. The van der Waals surface area contributed by atoms with Gasteiger partial charge in [-0.1, -0.05) is 0 Å². The van der Waals surface area contributed by atoms with Crippen molar-refractivity contribution in [2.45, 2.75) is 24.3 Å². The highest BCUT2D eigenvalue weighted by Gasteiger charge is 2.17. The fourth-order valence-corrected chi connectivity index (χ4v) is 2.79. The van der Waals surface area contributed by atoms with E-state index >= 15 is 0 Å². The van der Waals surface area contributed by atoms with Gasteiger partial charge in [0.25, 0.3) is 5.91 Å². The molecule has 6 nitrogen and oxygen atoms in total. The van der Waals surface area contributed by atoms with E-state index in [4.69, 9.17) is 5.11 Å². The zero-order chi connectivity index (χ0) is 14.5. The Labute approximate surface area is 112 Å². The summed E-state index contributed by atoms with van der Waals surface area (Å²) in [6, 6.07) is 5.29. The van der Waals surface area contributed by atoms with Crippen molar-refractivity contribution in [2.24, 2.45) is 0 Å². The summed E-state index contributed by atoms with van der Waals surface area (Å²) >= 11 is 0. The maximum absolute atomic E-state index is 12.0. The SMILES string of the molecule is CNC(=O)c1ccc(S(=O)(=O)NC(C)CCO)cc1. The van der Waals surface area contributed by atoms with Gasteiger partial charge in [0, 0.05) is 25.3 Å². The summed E-state index contributed by atoms with van der Waals surface area (Å²) in [5.74, 6) is -0.273. The first-order valence-corrected chi connectivity index (χ1v) is 7.34. The summed E-state index contributed by atoms with van der Waals surface area (Å²) < 4.78 is 26.4. The minimum Gasteiger partial charge on any atom is -0.396 e. The van der Waals surface area contributed by atoms with Gasteiger partial charge in [-0.3, -0.25) is 4.79 Å². The third kappa shape index (κ3) is 4.30. The van der Waals surface area contributed by atoms with Crippen LogP contribution in [0.15, 0.2) is 29.2 Å². The lowest BCUT2D eigenvalue weighted by molar-refractivity contribution is 0.0963. The molecule has 0 fully saturated rings. The number of nitrogens with one attached hydrogen (secondary N) is 2. The summed E-state index contributed by atoms with van der Waals surface area (Å²) in [5, 5.41) is 11.2. The molecule has 3 N–H and O–H groups in total. The molecule has 0 aromatic heterocycles. The molecule has 0 spiro atoms. The number of amides is 1. The Morgan fingerprint density at radius 3 is 2.37 bits per heavy atom. The number of rotatable bonds is 6. The number of carbonyl (C=O) groups is 1. The van der Waals surface area contributed by atoms with Crippen LogP contribution in [0.4, 0.5) is 0 Å². The number of hydrogen-bond donors (Lipinski definition) is 3. The second kappa shape index (κ2) is 6.65. The van der Waals surface area contributed by atoms with Gasteiger partial charge in [-0.15, -0.1) is 0 Å². The summed E-state index contributed by atoms with van der Waals surface area (Å²) in [5.41, 5.74) is 0.393. The van der Waals surface area contributed by atoms with Crippen molar-refractivity contribution in [3.63, 3.8) is 0 Å². The van der Waals surface area contributed by atoms with E-state index in [0.29, 0.717) is 12.0 Å². The molecule has 0 radical (unpaired) electrons. The molecule has 1 rings (SSSR count). The van der Waals surface area contributed by atoms with E-state index in [0.717, 1.165) is 0 Å². The van der Waals surface area contributed by atoms with E-state index < -0.39 is 10.0 Å². The van der Waals surface area contributed by atoms with Gasteiger partial charge in [0.1, 0.15) is 0 Å². The van der Waals surface area contributed by atoms with Crippen LogP contribution in [0.25, 0.3) is 0 Å². The Hall–Kier alpha value is -1.44. The van der Waals surface area contributed by atoms with Gasteiger partial charge in [0.05, 0.1) is 4.90 Å². The first-order valence-electron chi connectivity index (χ1n) is 5.86. The smallest absolute Gasteiger partial charge is 0.251 e. The molecule has 7 heteroatoms. The second-order valence-electron chi connectivity index (χ2n) is 4.14. The van der Waals surface area contributed by atoms with Crippen molar-refractivity contribution in [1.29, 1.82) is 0 Å². The molecule has 0 saturated carbocycles. The fourth-order valence-electron chi connectivity index (χ4n) is 1.52. The van der Waals surface area contributed by atoms with Crippen molar-refractivity contribution in [3.05, 3.63) is 29.8 Å². The molecule has 106 valence electrons. The highest BCUT2D eigenvalue weighted by atomic mass is 32.2. The lowest BCUT2D eigenvalue weighted by atomic mass is 10.2. The molecule has 1 aromatic carbocycles. The molecule has 0 aliphatic rings. The molecular formula is C12H18N2O4S. The normalized spacial score (nSPS) is 13.0. The van der Waals surface area contributed by atoms with Crippen molar-refractivity contribution in [2.75, 3.05) is 13.7 Å². The van der Waals surface area contributed by atoms with Crippen LogP contribution in [0.2, 0.25) is 0 Å². The molecule has 1 amide bonds. The zero-order valence-electron chi connectivity index (χ0n) is 10.9. The van der Waals surface area contributed by atoms with Crippen molar-refractivity contribution in [3.8, 4) is 0 Å². The Bertz CT molecular complexity index is 525. The predicted octanol–water partition coefficient (Wildman–Crippen LogP) is 0.0954. The topological polar surface area (TPSA) is 95.5 Å². The largest absolute Gasteiger partial charge is 0.396 e. The molecule has 1 aromatic rings. The van der Waals surface area contributed by atoms with Crippen LogP contribution in [0.1, 0.15) is 23.7 Å². The van der Waals surface area contributed by atoms with E-state index in [1.54, 1.807) is 6.92 Å². The van der Waals surface area contributed by atoms with E-state index in [1.165, 1.54) is 31.3 Å². The van der Waals surface area contributed by atoms with Gasteiger partial charge in [0.2, 0.25) is 10.0 Å². The summed E-state index contributed by atoms with van der Waals surface area (Å²) in [6.45, 7) is 1.59. The molecule has 0 heterocycles. The van der Waals surface area contributed by atoms with Crippen LogP contribution in [-0.4, -0.2) is 39.1 Å². The molecule has 0 aliphatic heterocycles. The second-order valence-corrected chi connectivity index (χ2v) is 5.85. The maximum Gasteiger partial charge on any atom is 0.251 e. The molecule has 0 aliphatic carbocycles. The zero-order valence-corrected chi connectivity index (χ0v) is 11.7. The monoisotopic (exact) mass is 286 g/mol. The van der Waals surface area contributed by atoms with E-state index in [9.17, 15) is 13.2 Å². The van der Waals surface area contributed by atoms with Gasteiger partial charge in [-0.2, -0.15) is 0 Å². The average Bonchev–Trinajstić information content (AvgIpc) is 2.37. The summed E-state index contributed by atoms with van der Waals surface area (Å²) in [4.78, 5) is 11.4. The van der Waals surface area contributed by atoms with Crippen LogP contribution < -0.4 is 10.0 Å². The van der Waals surface area contributed by atoms with Crippen LogP contribution in [-0.2, 0) is 10.0 Å². The number of sulfonamides is 1. The Morgan fingerprint density at radius 2 is 1.89 bits per heavy atom. The molecule has 19 heavy (non-hydrogen) atoms. The fraction of sp³-hybridized carbons (Fsp3) is 0.417. The molecule has 0 saturated heterocycles. The van der Waals surface area contributed by atoms with Crippen molar-refractivity contribution in [1.82, 2.24) is 10.0 Å². The Morgan fingerprint density at radius 1 is 1.32 bits per heavy atom. The van der Waals surface area contributed by atoms with Gasteiger partial charge in [-0.25, -0.2) is 13.1 Å². The third-order valence-corrected chi connectivity index (χ3v) is 4.18. The quantitative estimate of drug-likeness (QED) is 0.691. The number of hydrogen-bond acceptors (Lipinski definition) is 4. The van der Waals surface area contributed by atoms with Gasteiger partial charge >= 0.3 is 0 Å². The van der Waals surface area contributed by atoms with Gasteiger partial charge in [-0.05, 0) is 37.6 Å². The minimum absolute atomic E-state index is 0.0840. The summed E-state index contributed by atoms with van der Waals surface area (Å²) in [7, 11) is -2.12. The molecule has 1 atom stereocenters. The standard InChI is InChI=1S/C12H18N2O4S/c1-9(7-8-15)14-19(17,18)11-5-3-10(4-6-11)12(16)13-2/h3-6,9,14-15H,7-8H2,1-2H3,(H,13,16). The first-order chi connectivity index (χ1) is 8.90. The van der Waals surface area contributed by atoms with Crippen LogP contribution in [0.3, 0.4) is 0 Å². The van der Waals surface area contributed by atoms with Crippen molar-refractivity contribution >= 4 is 15.9 Å². The minimum atomic E-state index is -3.62. The molecule has 0 bridgehead atoms. The van der Waals surface area contributed by atoms with Crippen molar-refractivity contribution < 1.29 is 18.3 Å². The number of aliphatic hydroxyl groups is 1. The lowest BCUT2D eigenvalue weighted by Crippen LogP contribution is -2.33. The third-order valence-electron chi connectivity index (χ3n) is 2.57. The highest BCUT2D eigenvalue weighted by molar-refractivity contribution is 7.89. The molecule has 1 unspecified atom stereocenters. The lowest BCUT2D eigenvalue weighted by Gasteiger charge is -2.13. The number of benzene rings is 1. The number of aliphatic hydroxyl groups excluding tert-OH is 1. The number of carbonyl (C=O) groups excluding carboxylic acids is 1. The highest BCUT2D eigenvalue weighted by Crippen LogP contribution is 2.11. The Balaban J connectivity index is 2.88. The van der Waals surface area contributed by atoms with Crippen LogP contribution in [0, 0.1) is 0 Å². The molecular weight excluding hydrogens is 268 g/mol. The van der Waals surface area contributed by atoms with E-state index in [-0.39, 0.29) is 23.5 Å². The van der Waals surface area contributed by atoms with Crippen LogP contribution >= 0.6 is 0 Å². The van der Waals surface area contributed by atoms with Gasteiger partial charge in [0.15, 0.2) is 0 Å². The van der Waals surface area contributed by atoms with Gasteiger partial charge < -0.3 is 10.4 Å².